The molecule has 0 radical (unpaired) electrons. The molecule has 2 N–H and O–H groups in total. The Kier molecular flexibility index (Phi) is 5.41. The first-order valence-electron chi connectivity index (χ1n) is 6.12. The third-order valence-electron chi connectivity index (χ3n) is 3.09. The summed E-state index contributed by atoms with van der Waals surface area (Å²) in [5, 5.41) is 11.0. The van der Waals surface area contributed by atoms with Gasteiger partial charge in [-0.2, -0.15) is 0 Å². The zero-order valence-electron chi connectivity index (χ0n) is 10.4. The van der Waals surface area contributed by atoms with Crippen LogP contribution in [-0.2, 0) is 14.3 Å². The van der Waals surface area contributed by atoms with Gasteiger partial charge in [-0.05, 0) is 25.7 Å². The third kappa shape index (κ3) is 5.17. The molecule has 0 aliphatic heterocycles. The van der Waals surface area contributed by atoms with Gasteiger partial charge < -0.3 is 15.2 Å². The first kappa shape index (κ1) is 14.0. The Balaban J connectivity index is 2.21. The summed E-state index contributed by atoms with van der Waals surface area (Å²) in [6.07, 6.45) is 4.49. The summed E-state index contributed by atoms with van der Waals surface area (Å²) in [5.41, 5.74) is 0. The number of hydrogen-bond acceptors (Lipinski definition) is 3. The lowest BCUT2D eigenvalue weighted by Gasteiger charge is -2.26. The molecule has 0 aromatic heterocycles. The SMILES string of the molecule is C[C@H]1CCC[C@@H](OCC(=O)N[C@H](C)C(=O)O)C1. The quantitative estimate of drug-likeness (QED) is 0.760. The van der Waals surface area contributed by atoms with Crippen molar-refractivity contribution in [3.05, 3.63) is 0 Å². The fraction of sp³-hybridized carbons (Fsp3) is 0.833. The Morgan fingerprint density at radius 1 is 1.47 bits per heavy atom. The maximum absolute atomic E-state index is 11.4. The van der Waals surface area contributed by atoms with Gasteiger partial charge in [0.05, 0.1) is 6.10 Å². The molecule has 17 heavy (non-hydrogen) atoms. The van der Waals surface area contributed by atoms with E-state index >= 15 is 0 Å². The highest BCUT2D eigenvalue weighted by atomic mass is 16.5. The average molecular weight is 243 g/mol. The molecule has 0 aromatic rings. The fourth-order valence-corrected chi connectivity index (χ4v) is 2.07. The second-order valence-electron chi connectivity index (χ2n) is 4.83. The number of aliphatic carboxylic acids is 1. The van der Waals surface area contributed by atoms with Crippen molar-refractivity contribution in [3.63, 3.8) is 0 Å². The highest BCUT2D eigenvalue weighted by Gasteiger charge is 2.21. The van der Waals surface area contributed by atoms with Crippen molar-refractivity contribution in [1.82, 2.24) is 5.32 Å². The molecule has 3 atom stereocenters. The predicted octanol–water partition coefficient (Wildman–Crippen LogP) is 1.17. The van der Waals surface area contributed by atoms with E-state index in [0.717, 1.165) is 19.3 Å². The van der Waals surface area contributed by atoms with Crippen molar-refractivity contribution < 1.29 is 19.4 Å². The van der Waals surface area contributed by atoms with Crippen LogP contribution < -0.4 is 5.32 Å². The van der Waals surface area contributed by atoms with Gasteiger partial charge in [0.2, 0.25) is 5.91 Å². The highest BCUT2D eigenvalue weighted by molar-refractivity contribution is 5.83. The zero-order valence-corrected chi connectivity index (χ0v) is 10.4. The second-order valence-corrected chi connectivity index (χ2v) is 4.83. The molecule has 1 saturated carbocycles. The minimum absolute atomic E-state index is 0.0466. The molecule has 98 valence electrons. The number of ether oxygens (including phenoxy) is 1. The molecule has 1 amide bonds. The molecule has 1 fully saturated rings. The Hall–Kier alpha value is -1.10. The van der Waals surface area contributed by atoms with E-state index in [0.29, 0.717) is 5.92 Å². The summed E-state index contributed by atoms with van der Waals surface area (Å²) < 4.78 is 5.49. The summed E-state index contributed by atoms with van der Waals surface area (Å²) in [6, 6.07) is -0.864. The van der Waals surface area contributed by atoms with E-state index in [1.807, 2.05) is 0 Å². The van der Waals surface area contributed by atoms with Gasteiger partial charge in [-0.25, -0.2) is 0 Å². The topological polar surface area (TPSA) is 75.6 Å². The van der Waals surface area contributed by atoms with E-state index in [4.69, 9.17) is 9.84 Å². The number of carbonyl (C=O) groups is 2. The van der Waals surface area contributed by atoms with Crippen molar-refractivity contribution in [2.24, 2.45) is 5.92 Å². The van der Waals surface area contributed by atoms with E-state index in [9.17, 15) is 9.59 Å². The Morgan fingerprint density at radius 3 is 2.76 bits per heavy atom. The van der Waals surface area contributed by atoms with Crippen LogP contribution in [0.15, 0.2) is 0 Å². The molecule has 0 unspecified atom stereocenters. The zero-order chi connectivity index (χ0) is 12.8. The summed E-state index contributed by atoms with van der Waals surface area (Å²) in [5.74, 6) is -0.752. The van der Waals surface area contributed by atoms with Gasteiger partial charge in [-0.15, -0.1) is 0 Å². The van der Waals surface area contributed by atoms with Crippen LogP contribution in [0, 0.1) is 5.92 Å². The third-order valence-corrected chi connectivity index (χ3v) is 3.09. The largest absolute Gasteiger partial charge is 0.480 e. The molecule has 1 aliphatic rings. The smallest absolute Gasteiger partial charge is 0.325 e. The molecule has 0 heterocycles. The van der Waals surface area contributed by atoms with Gasteiger partial charge in [-0.1, -0.05) is 19.8 Å². The van der Waals surface area contributed by atoms with E-state index in [1.54, 1.807) is 0 Å². The Labute approximate surface area is 102 Å². The van der Waals surface area contributed by atoms with Crippen molar-refractivity contribution in [2.45, 2.75) is 51.7 Å². The van der Waals surface area contributed by atoms with Gasteiger partial charge in [-0.3, -0.25) is 9.59 Å². The number of carboxylic acid groups (broad SMARTS) is 1. The second kappa shape index (κ2) is 6.59. The lowest BCUT2D eigenvalue weighted by atomic mass is 9.89. The molecule has 0 aromatic carbocycles. The van der Waals surface area contributed by atoms with Gasteiger partial charge >= 0.3 is 5.97 Å². The monoisotopic (exact) mass is 243 g/mol. The molecule has 5 heteroatoms. The van der Waals surface area contributed by atoms with Gasteiger partial charge in [0.15, 0.2) is 0 Å². The normalized spacial score (nSPS) is 26.2. The summed E-state index contributed by atoms with van der Waals surface area (Å²) in [6.45, 7) is 3.57. The molecular formula is C12H21NO4. The minimum atomic E-state index is -1.04. The fourth-order valence-electron chi connectivity index (χ4n) is 2.07. The van der Waals surface area contributed by atoms with Crippen molar-refractivity contribution >= 4 is 11.9 Å². The number of hydrogen-bond donors (Lipinski definition) is 2. The first-order chi connectivity index (χ1) is 7.99. The number of carbonyl (C=O) groups excluding carboxylic acids is 1. The Bertz CT molecular complexity index is 280. The minimum Gasteiger partial charge on any atom is -0.480 e. The molecule has 1 rings (SSSR count). The first-order valence-corrected chi connectivity index (χ1v) is 6.12. The van der Waals surface area contributed by atoms with Crippen LogP contribution in [0.5, 0.6) is 0 Å². The number of rotatable bonds is 5. The lowest BCUT2D eigenvalue weighted by molar-refractivity contribution is -0.142. The van der Waals surface area contributed by atoms with Crippen molar-refractivity contribution in [1.29, 1.82) is 0 Å². The molecule has 0 saturated heterocycles. The summed E-state index contributed by atoms with van der Waals surface area (Å²) in [7, 11) is 0. The van der Waals surface area contributed by atoms with Crippen LogP contribution in [0.1, 0.15) is 39.5 Å². The van der Waals surface area contributed by atoms with Crippen molar-refractivity contribution in [2.75, 3.05) is 6.61 Å². The summed E-state index contributed by atoms with van der Waals surface area (Å²) >= 11 is 0. The van der Waals surface area contributed by atoms with Crippen LogP contribution in [0.4, 0.5) is 0 Å². The standard InChI is InChI=1S/C12H21NO4/c1-8-4-3-5-10(6-8)17-7-11(14)13-9(2)12(15)16/h8-10H,3-7H2,1-2H3,(H,13,14)(H,15,16)/t8-,9+,10+/m0/s1. The molecule has 1 aliphatic carbocycles. The van der Waals surface area contributed by atoms with E-state index < -0.39 is 12.0 Å². The predicted molar refractivity (Wildman–Crippen MR) is 62.6 cm³/mol. The lowest BCUT2D eigenvalue weighted by Crippen LogP contribution is -2.41. The number of carboxylic acids is 1. The number of amides is 1. The number of nitrogens with one attached hydrogen (secondary N) is 1. The van der Waals surface area contributed by atoms with Gasteiger partial charge in [0, 0.05) is 0 Å². The van der Waals surface area contributed by atoms with Crippen LogP contribution in [0.3, 0.4) is 0 Å². The molecule has 5 nitrogen and oxygen atoms in total. The van der Waals surface area contributed by atoms with E-state index in [-0.39, 0.29) is 18.6 Å². The van der Waals surface area contributed by atoms with Gasteiger partial charge in [0.1, 0.15) is 12.6 Å². The maximum Gasteiger partial charge on any atom is 0.325 e. The maximum atomic E-state index is 11.4. The summed E-state index contributed by atoms with van der Waals surface area (Å²) in [4.78, 5) is 21.9. The Morgan fingerprint density at radius 2 is 2.18 bits per heavy atom. The van der Waals surface area contributed by atoms with Gasteiger partial charge in [0.25, 0.3) is 0 Å². The molecule has 0 spiro atoms. The van der Waals surface area contributed by atoms with Crippen LogP contribution in [0.2, 0.25) is 0 Å². The van der Waals surface area contributed by atoms with Crippen LogP contribution in [0.25, 0.3) is 0 Å². The van der Waals surface area contributed by atoms with E-state index in [1.165, 1.54) is 13.3 Å². The van der Waals surface area contributed by atoms with E-state index in [2.05, 4.69) is 12.2 Å². The molecule has 0 bridgehead atoms. The average Bonchev–Trinajstić information content (AvgIpc) is 2.26. The van der Waals surface area contributed by atoms with Crippen LogP contribution in [-0.4, -0.2) is 35.7 Å². The van der Waals surface area contributed by atoms with Crippen LogP contribution >= 0.6 is 0 Å². The molecular weight excluding hydrogens is 222 g/mol. The van der Waals surface area contributed by atoms with Crippen molar-refractivity contribution in [3.8, 4) is 0 Å². The highest BCUT2D eigenvalue weighted by Crippen LogP contribution is 2.25.